The summed E-state index contributed by atoms with van der Waals surface area (Å²) in [6, 6.07) is 5.18. The van der Waals surface area contributed by atoms with E-state index in [-0.39, 0.29) is 16.1 Å². The summed E-state index contributed by atoms with van der Waals surface area (Å²) < 4.78 is 59.5. The van der Waals surface area contributed by atoms with Crippen molar-refractivity contribution in [1.29, 1.82) is 0 Å². The van der Waals surface area contributed by atoms with Gasteiger partial charge in [-0.2, -0.15) is 0 Å². The average molecular weight is 417 g/mol. The molecule has 1 aromatic carbocycles. The van der Waals surface area contributed by atoms with E-state index in [4.69, 9.17) is 4.74 Å². The minimum absolute atomic E-state index is 0.130. The van der Waals surface area contributed by atoms with Gasteiger partial charge in [0.15, 0.2) is 0 Å². The van der Waals surface area contributed by atoms with Crippen LogP contribution in [0.15, 0.2) is 23.1 Å². The van der Waals surface area contributed by atoms with Gasteiger partial charge in [0.1, 0.15) is 10.6 Å². The van der Waals surface area contributed by atoms with Crippen LogP contribution in [0.4, 0.5) is 0 Å². The molecule has 0 spiro atoms. The van der Waals surface area contributed by atoms with E-state index in [0.717, 1.165) is 24.8 Å². The largest absolute Gasteiger partial charge is 0.495 e. The molecule has 3 rings (SSSR count). The molecule has 0 radical (unpaired) electrons. The fourth-order valence-corrected chi connectivity index (χ4v) is 6.61. The van der Waals surface area contributed by atoms with Crippen molar-refractivity contribution in [3.63, 3.8) is 0 Å². The first-order valence-corrected chi connectivity index (χ1v) is 12.4. The zero-order chi connectivity index (χ0) is 19.7. The Bertz CT molecular complexity index is 871. The highest BCUT2D eigenvalue weighted by molar-refractivity contribution is 7.90. The zero-order valence-electron chi connectivity index (χ0n) is 15.8. The standard InChI is InChI=1S/C18H28N2O5S2/c1-3-14-4-7-17(25-2)18(12-14)26(21,22)19-13-15-8-10-20(11-9-15)27(23,24)16-5-6-16/h4,7,12,15-16,19H,3,5-6,8-11,13H2,1-2H3. The predicted molar refractivity (Wildman–Crippen MR) is 104 cm³/mol. The first-order chi connectivity index (χ1) is 12.8. The van der Waals surface area contributed by atoms with Gasteiger partial charge in [-0.15, -0.1) is 0 Å². The highest BCUT2D eigenvalue weighted by atomic mass is 32.2. The number of ether oxygens (including phenoxy) is 1. The molecule has 2 aliphatic rings. The monoisotopic (exact) mass is 416 g/mol. The maximum absolute atomic E-state index is 12.7. The van der Waals surface area contributed by atoms with Crippen molar-refractivity contribution in [2.75, 3.05) is 26.7 Å². The van der Waals surface area contributed by atoms with E-state index in [0.29, 0.717) is 38.2 Å². The number of hydrogen-bond acceptors (Lipinski definition) is 5. The molecule has 1 heterocycles. The summed E-state index contributed by atoms with van der Waals surface area (Å²) in [4.78, 5) is 0.151. The van der Waals surface area contributed by atoms with E-state index in [1.165, 1.54) is 7.11 Å². The number of benzene rings is 1. The first-order valence-electron chi connectivity index (χ1n) is 9.43. The van der Waals surface area contributed by atoms with Gasteiger partial charge in [-0.25, -0.2) is 25.9 Å². The number of nitrogens with one attached hydrogen (secondary N) is 1. The van der Waals surface area contributed by atoms with Crippen LogP contribution in [0.25, 0.3) is 0 Å². The minimum atomic E-state index is -3.69. The Morgan fingerprint density at radius 2 is 1.78 bits per heavy atom. The minimum Gasteiger partial charge on any atom is -0.495 e. The van der Waals surface area contributed by atoms with Crippen molar-refractivity contribution in [2.24, 2.45) is 5.92 Å². The molecule has 152 valence electrons. The number of aryl methyl sites for hydroxylation is 1. The third kappa shape index (κ3) is 4.64. The van der Waals surface area contributed by atoms with E-state index < -0.39 is 20.0 Å². The molecule has 9 heteroatoms. The van der Waals surface area contributed by atoms with Crippen LogP contribution in [0.3, 0.4) is 0 Å². The second-order valence-electron chi connectivity index (χ2n) is 7.28. The predicted octanol–water partition coefficient (Wildman–Crippen LogP) is 1.74. The molecule has 1 aliphatic carbocycles. The molecule has 0 aromatic heterocycles. The van der Waals surface area contributed by atoms with Crippen molar-refractivity contribution in [1.82, 2.24) is 9.03 Å². The van der Waals surface area contributed by atoms with Gasteiger partial charge in [-0.05, 0) is 55.7 Å². The molecule has 27 heavy (non-hydrogen) atoms. The smallest absolute Gasteiger partial charge is 0.244 e. The van der Waals surface area contributed by atoms with Crippen LogP contribution in [0, 0.1) is 5.92 Å². The van der Waals surface area contributed by atoms with Gasteiger partial charge >= 0.3 is 0 Å². The SMILES string of the molecule is CCc1ccc(OC)c(S(=O)(=O)NCC2CCN(S(=O)(=O)C3CC3)CC2)c1. The molecule has 7 nitrogen and oxygen atoms in total. The van der Waals surface area contributed by atoms with Gasteiger partial charge in [-0.1, -0.05) is 13.0 Å². The fraction of sp³-hybridized carbons (Fsp3) is 0.667. The Balaban J connectivity index is 1.60. The topological polar surface area (TPSA) is 92.8 Å². The highest BCUT2D eigenvalue weighted by Gasteiger charge is 2.41. The van der Waals surface area contributed by atoms with E-state index in [1.54, 1.807) is 16.4 Å². The van der Waals surface area contributed by atoms with Gasteiger partial charge in [-0.3, -0.25) is 0 Å². The van der Waals surface area contributed by atoms with Crippen molar-refractivity contribution < 1.29 is 21.6 Å². The van der Waals surface area contributed by atoms with E-state index in [9.17, 15) is 16.8 Å². The zero-order valence-corrected chi connectivity index (χ0v) is 17.5. The van der Waals surface area contributed by atoms with Gasteiger partial charge < -0.3 is 4.74 Å². The third-order valence-electron chi connectivity index (χ3n) is 5.37. The second-order valence-corrected chi connectivity index (χ2v) is 11.2. The fourth-order valence-electron chi connectivity index (χ4n) is 3.40. The normalized spacial score (nSPS) is 19.9. The summed E-state index contributed by atoms with van der Waals surface area (Å²) in [7, 11) is -5.37. The number of methoxy groups -OCH3 is 1. The quantitative estimate of drug-likeness (QED) is 0.697. The van der Waals surface area contributed by atoms with Crippen molar-refractivity contribution >= 4 is 20.0 Å². The van der Waals surface area contributed by atoms with Crippen LogP contribution in [0.1, 0.15) is 38.2 Å². The molecular weight excluding hydrogens is 388 g/mol. The molecule has 1 saturated heterocycles. The van der Waals surface area contributed by atoms with Crippen LogP contribution in [0.5, 0.6) is 5.75 Å². The Morgan fingerprint density at radius 1 is 1.11 bits per heavy atom. The molecular formula is C18H28N2O5S2. The second kappa shape index (κ2) is 8.06. The number of hydrogen-bond donors (Lipinski definition) is 1. The number of rotatable bonds is 8. The molecule has 1 aliphatic heterocycles. The number of sulfonamides is 2. The van der Waals surface area contributed by atoms with Gasteiger partial charge in [0.05, 0.1) is 12.4 Å². The van der Waals surface area contributed by atoms with E-state index >= 15 is 0 Å². The van der Waals surface area contributed by atoms with Crippen LogP contribution in [-0.4, -0.2) is 53.1 Å². The molecule has 2 fully saturated rings. The lowest BCUT2D eigenvalue weighted by Gasteiger charge is -2.31. The molecule has 0 amide bonds. The van der Waals surface area contributed by atoms with Gasteiger partial charge in [0, 0.05) is 19.6 Å². The molecule has 1 aromatic rings. The third-order valence-corrected chi connectivity index (χ3v) is 9.21. The van der Waals surface area contributed by atoms with Crippen LogP contribution in [-0.2, 0) is 26.5 Å². The summed E-state index contributed by atoms with van der Waals surface area (Å²) in [5, 5.41) is -0.189. The van der Waals surface area contributed by atoms with Gasteiger partial charge in [0.2, 0.25) is 20.0 Å². The Hall–Kier alpha value is -1.16. The summed E-state index contributed by atoms with van der Waals surface area (Å²) >= 11 is 0. The molecule has 0 bridgehead atoms. The molecule has 0 atom stereocenters. The Labute approximate surface area is 162 Å². The van der Waals surface area contributed by atoms with E-state index in [1.807, 2.05) is 13.0 Å². The lowest BCUT2D eigenvalue weighted by atomic mass is 9.99. The molecule has 1 N–H and O–H groups in total. The number of piperidine rings is 1. The average Bonchev–Trinajstić information content (AvgIpc) is 3.52. The number of nitrogens with zero attached hydrogens (tertiary/aromatic N) is 1. The Morgan fingerprint density at radius 3 is 2.33 bits per heavy atom. The first kappa shape index (κ1) is 20.6. The maximum Gasteiger partial charge on any atom is 0.244 e. The summed E-state index contributed by atoms with van der Waals surface area (Å²) in [5.74, 6) is 0.454. The van der Waals surface area contributed by atoms with Crippen molar-refractivity contribution in [2.45, 2.75) is 49.2 Å². The highest BCUT2D eigenvalue weighted by Crippen LogP contribution is 2.33. The lowest BCUT2D eigenvalue weighted by Crippen LogP contribution is -2.42. The molecule has 1 saturated carbocycles. The van der Waals surface area contributed by atoms with E-state index in [2.05, 4.69) is 4.72 Å². The lowest BCUT2D eigenvalue weighted by molar-refractivity contribution is 0.274. The summed E-state index contributed by atoms with van der Waals surface area (Å²) in [5.41, 5.74) is 0.926. The maximum atomic E-state index is 12.7. The van der Waals surface area contributed by atoms with Crippen LogP contribution < -0.4 is 9.46 Å². The van der Waals surface area contributed by atoms with Crippen molar-refractivity contribution in [3.05, 3.63) is 23.8 Å². The van der Waals surface area contributed by atoms with Crippen LogP contribution >= 0.6 is 0 Å². The molecule has 0 unspecified atom stereocenters. The Kier molecular flexibility index (Phi) is 6.14. The van der Waals surface area contributed by atoms with Gasteiger partial charge in [0.25, 0.3) is 0 Å². The van der Waals surface area contributed by atoms with Crippen LogP contribution in [0.2, 0.25) is 0 Å². The van der Waals surface area contributed by atoms with Crippen molar-refractivity contribution in [3.8, 4) is 5.75 Å². The summed E-state index contributed by atoms with van der Waals surface area (Å²) in [6.45, 7) is 3.22. The summed E-state index contributed by atoms with van der Waals surface area (Å²) in [6.07, 6.45) is 3.60.